The Labute approximate surface area is 237 Å². The van der Waals surface area contributed by atoms with Gasteiger partial charge in [-0.3, -0.25) is 0 Å². The van der Waals surface area contributed by atoms with Crippen molar-refractivity contribution in [2.75, 3.05) is 19.8 Å². The van der Waals surface area contributed by atoms with E-state index >= 15 is 0 Å². The largest absolute Gasteiger partial charge is 0.494 e. The highest BCUT2D eigenvalue weighted by atomic mass is 28.3. The Balaban J connectivity index is 1.43. The average molecular weight is 551 g/mol. The summed E-state index contributed by atoms with van der Waals surface area (Å²) in [5, 5.41) is 9.54. The van der Waals surface area contributed by atoms with Crippen LogP contribution in [0.25, 0.3) is 11.1 Å². The van der Waals surface area contributed by atoms with Gasteiger partial charge in [0.1, 0.15) is 5.75 Å². The van der Waals surface area contributed by atoms with E-state index in [0.717, 1.165) is 24.1 Å². The van der Waals surface area contributed by atoms with Crippen LogP contribution in [0.15, 0.2) is 60.7 Å². The normalized spacial score (nSPS) is 18.4. The molecule has 1 N–H and O–H groups in total. The summed E-state index contributed by atoms with van der Waals surface area (Å²) < 4.78 is 11.1. The average Bonchev–Trinajstić information content (AvgIpc) is 2.96. The Hall–Kier alpha value is -2.37. The Kier molecular flexibility index (Phi) is 12.3. The minimum atomic E-state index is -1.08. The molecule has 0 amide bonds. The molecule has 3 rings (SSSR count). The van der Waals surface area contributed by atoms with Crippen molar-refractivity contribution >= 4 is 14.0 Å². The van der Waals surface area contributed by atoms with Crippen molar-refractivity contribution in [3.05, 3.63) is 66.2 Å². The van der Waals surface area contributed by atoms with Gasteiger partial charge >= 0.3 is 5.97 Å². The highest BCUT2D eigenvalue weighted by molar-refractivity contribution is 6.78. The number of ether oxygens (including phenoxy) is 2. The third-order valence-corrected chi connectivity index (χ3v) is 13.1. The molecular formula is C34H50O4Si. The molecule has 1 aliphatic carbocycles. The zero-order valence-electron chi connectivity index (χ0n) is 24.7. The molecule has 1 unspecified atom stereocenters. The number of aliphatic hydroxyl groups is 1. The molecule has 2 aromatic rings. The lowest BCUT2D eigenvalue weighted by atomic mass is 9.83. The van der Waals surface area contributed by atoms with Crippen LogP contribution in [-0.2, 0) is 9.53 Å². The monoisotopic (exact) mass is 550 g/mol. The lowest BCUT2D eigenvalue weighted by Gasteiger charge is -2.38. The van der Waals surface area contributed by atoms with Crippen LogP contribution >= 0.6 is 0 Å². The van der Waals surface area contributed by atoms with Crippen LogP contribution in [0.5, 0.6) is 5.75 Å². The molecule has 4 nitrogen and oxygen atoms in total. The van der Waals surface area contributed by atoms with E-state index in [4.69, 9.17) is 9.47 Å². The van der Waals surface area contributed by atoms with Crippen LogP contribution < -0.4 is 4.74 Å². The van der Waals surface area contributed by atoms with Crippen molar-refractivity contribution in [2.45, 2.75) is 95.8 Å². The standard InChI is InChI=1S/C34H50O4Si/c1-6-7-23-39(4,5)33-20-16-31(17-21-33)29-12-10-28(11-13-29)30-14-18-32(19-15-30)37-22-8-9-27(24-35)25-38-34(36)26(2)3/h10-15,18-19,27,31,33,35H,2,6-9,16-17,20-25H2,1,3-5H3. The third-order valence-electron chi connectivity index (χ3n) is 8.66. The van der Waals surface area contributed by atoms with Gasteiger partial charge in [0, 0.05) is 18.1 Å². The van der Waals surface area contributed by atoms with Gasteiger partial charge in [0.15, 0.2) is 0 Å². The number of aliphatic hydroxyl groups excluding tert-OH is 1. The van der Waals surface area contributed by atoms with Crippen molar-refractivity contribution in [1.82, 2.24) is 0 Å². The third kappa shape index (κ3) is 9.65. The van der Waals surface area contributed by atoms with Gasteiger partial charge in [0.25, 0.3) is 0 Å². The van der Waals surface area contributed by atoms with E-state index in [2.05, 4.69) is 63.0 Å². The molecule has 0 aromatic heterocycles. The maximum absolute atomic E-state index is 11.5. The van der Waals surface area contributed by atoms with Crippen LogP contribution in [-0.4, -0.2) is 39.0 Å². The molecule has 0 saturated heterocycles. The van der Waals surface area contributed by atoms with Crippen molar-refractivity contribution < 1.29 is 19.4 Å². The van der Waals surface area contributed by atoms with Gasteiger partial charge < -0.3 is 14.6 Å². The summed E-state index contributed by atoms with van der Waals surface area (Å²) in [7, 11) is -1.08. The molecule has 214 valence electrons. The SMILES string of the molecule is C=C(C)C(=O)OCC(CO)CCCOc1ccc(-c2ccc(C3CCC([Si](C)(C)CCCC)CC3)cc2)cc1. The number of unbranched alkanes of at least 4 members (excludes halogenated alkanes) is 1. The Bertz CT molecular complexity index is 1020. The Morgan fingerprint density at radius 3 is 2.18 bits per heavy atom. The number of hydrogen-bond donors (Lipinski definition) is 1. The van der Waals surface area contributed by atoms with Crippen molar-refractivity contribution in [3.63, 3.8) is 0 Å². The summed E-state index contributed by atoms with van der Waals surface area (Å²) in [6.07, 6.45) is 9.77. The van der Waals surface area contributed by atoms with Crippen LogP contribution in [0.1, 0.15) is 76.7 Å². The number of carbonyl (C=O) groups is 1. The van der Waals surface area contributed by atoms with E-state index in [1.165, 1.54) is 61.3 Å². The lowest BCUT2D eigenvalue weighted by molar-refractivity contribution is -0.140. The number of carbonyl (C=O) groups excluding carboxylic acids is 1. The second-order valence-electron chi connectivity index (χ2n) is 12.2. The first kappa shape index (κ1) is 31.2. The second-order valence-corrected chi connectivity index (χ2v) is 17.5. The maximum Gasteiger partial charge on any atom is 0.333 e. The van der Waals surface area contributed by atoms with Gasteiger partial charge in [-0.05, 0) is 72.9 Å². The molecule has 1 aliphatic rings. The number of benzene rings is 2. The van der Waals surface area contributed by atoms with Crippen molar-refractivity contribution in [3.8, 4) is 16.9 Å². The first-order valence-corrected chi connectivity index (χ1v) is 18.3. The second kappa shape index (κ2) is 15.4. The minimum absolute atomic E-state index is 0.0169. The molecule has 1 fully saturated rings. The van der Waals surface area contributed by atoms with Crippen molar-refractivity contribution in [2.24, 2.45) is 5.92 Å². The molecular weight excluding hydrogens is 500 g/mol. The van der Waals surface area contributed by atoms with Gasteiger partial charge in [0.2, 0.25) is 0 Å². The van der Waals surface area contributed by atoms with Crippen LogP contribution in [0.2, 0.25) is 24.7 Å². The molecule has 1 saturated carbocycles. The first-order chi connectivity index (χ1) is 18.7. The van der Waals surface area contributed by atoms with Crippen LogP contribution in [0, 0.1) is 5.92 Å². The van der Waals surface area contributed by atoms with Gasteiger partial charge in [-0.15, -0.1) is 0 Å². The van der Waals surface area contributed by atoms with Crippen LogP contribution in [0.4, 0.5) is 0 Å². The first-order valence-electron chi connectivity index (χ1n) is 15.0. The fourth-order valence-electron chi connectivity index (χ4n) is 5.84. The summed E-state index contributed by atoms with van der Waals surface area (Å²) in [6, 6.07) is 19.0. The molecule has 2 aromatic carbocycles. The Morgan fingerprint density at radius 2 is 1.62 bits per heavy atom. The van der Waals surface area contributed by atoms with E-state index in [9.17, 15) is 9.90 Å². The lowest BCUT2D eigenvalue weighted by Crippen LogP contribution is -2.34. The molecule has 0 aliphatic heterocycles. The summed E-state index contributed by atoms with van der Waals surface area (Å²) >= 11 is 0. The number of hydrogen-bond acceptors (Lipinski definition) is 4. The predicted octanol–water partition coefficient (Wildman–Crippen LogP) is 8.78. The number of rotatable bonds is 15. The van der Waals surface area contributed by atoms with Gasteiger partial charge in [-0.25, -0.2) is 4.79 Å². The highest BCUT2D eigenvalue weighted by Gasteiger charge is 2.34. The molecule has 0 heterocycles. The minimum Gasteiger partial charge on any atom is -0.494 e. The number of esters is 1. The Morgan fingerprint density at radius 1 is 1.00 bits per heavy atom. The quantitative estimate of drug-likeness (QED) is 0.104. The van der Waals surface area contributed by atoms with Gasteiger partial charge in [-0.2, -0.15) is 0 Å². The summed E-state index contributed by atoms with van der Waals surface area (Å²) in [5.74, 6) is 1.06. The van der Waals surface area contributed by atoms with E-state index in [0.29, 0.717) is 18.1 Å². The predicted molar refractivity (Wildman–Crippen MR) is 165 cm³/mol. The van der Waals surface area contributed by atoms with Gasteiger partial charge in [-0.1, -0.05) is 94.7 Å². The zero-order chi connectivity index (χ0) is 28.3. The molecule has 5 heteroatoms. The molecule has 39 heavy (non-hydrogen) atoms. The van der Waals surface area contributed by atoms with Crippen molar-refractivity contribution in [1.29, 1.82) is 0 Å². The molecule has 1 atom stereocenters. The molecule has 0 radical (unpaired) electrons. The fourth-order valence-corrected chi connectivity index (χ4v) is 9.41. The smallest absolute Gasteiger partial charge is 0.333 e. The zero-order valence-corrected chi connectivity index (χ0v) is 25.7. The van der Waals surface area contributed by atoms with E-state index in [-0.39, 0.29) is 19.1 Å². The summed E-state index contributed by atoms with van der Waals surface area (Å²) in [5.41, 5.74) is 5.31. The van der Waals surface area contributed by atoms with Crippen LogP contribution in [0.3, 0.4) is 0 Å². The molecule has 0 spiro atoms. The summed E-state index contributed by atoms with van der Waals surface area (Å²) in [4.78, 5) is 11.5. The van der Waals surface area contributed by atoms with E-state index in [1.807, 2.05) is 12.1 Å². The fraction of sp³-hybridized carbons (Fsp3) is 0.559. The van der Waals surface area contributed by atoms with E-state index < -0.39 is 14.0 Å². The maximum atomic E-state index is 11.5. The van der Waals surface area contributed by atoms with E-state index in [1.54, 1.807) is 6.92 Å². The molecule has 0 bridgehead atoms. The highest BCUT2D eigenvalue weighted by Crippen LogP contribution is 2.45. The van der Waals surface area contributed by atoms with Gasteiger partial charge in [0.05, 0.1) is 21.3 Å². The summed E-state index contributed by atoms with van der Waals surface area (Å²) in [6.45, 7) is 13.5. The topological polar surface area (TPSA) is 55.8 Å².